The highest BCUT2D eigenvalue weighted by atomic mass is 15.1. The first-order valence-corrected chi connectivity index (χ1v) is 6.02. The lowest BCUT2D eigenvalue weighted by Gasteiger charge is -2.35. The van der Waals surface area contributed by atoms with E-state index in [4.69, 9.17) is 11.0 Å². The fourth-order valence-electron chi connectivity index (χ4n) is 2.22. The summed E-state index contributed by atoms with van der Waals surface area (Å²) in [4.78, 5) is 6.39. The van der Waals surface area contributed by atoms with E-state index in [0.717, 1.165) is 31.6 Å². The van der Waals surface area contributed by atoms with Crippen molar-refractivity contribution < 1.29 is 0 Å². The molecule has 1 aliphatic heterocycles. The minimum absolute atomic E-state index is 0.242. The third-order valence-electron chi connectivity index (χ3n) is 3.49. The molecule has 4 nitrogen and oxygen atoms in total. The van der Waals surface area contributed by atoms with Crippen molar-refractivity contribution in [1.29, 1.82) is 5.26 Å². The van der Waals surface area contributed by atoms with E-state index in [0.29, 0.717) is 11.6 Å². The van der Waals surface area contributed by atoms with Gasteiger partial charge in [0.15, 0.2) is 0 Å². The fourth-order valence-corrected chi connectivity index (χ4v) is 2.22. The molecule has 0 bridgehead atoms. The van der Waals surface area contributed by atoms with Gasteiger partial charge in [-0.15, -0.1) is 0 Å². The molecule has 90 valence electrons. The first-order valence-electron chi connectivity index (χ1n) is 6.02. The Kier molecular flexibility index (Phi) is 3.72. The topological polar surface area (TPSA) is 65.9 Å². The Hall–Kier alpha value is -1.44. The molecule has 1 aromatic heterocycles. The van der Waals surface area contributed by atoms with Gasteiger partial charge < -0.3 is 5.73 Å². The number of nitrogens with zero attached hydrogens (tertiary/aromatic N) is 3. The Morgan fingerprint density at radius 3 is 3.18 bits per heavy atom. The van der Waals surface area contributed by atoms with Gasteiger partial charge in [0.25, 0.3) is 0 Å². The van der Waals surface area contributed by atoms with Gasteiger partial charge in [0.2, 0.25) is 0 Å². The predicted molar refractivity (Wildman–Crippen MR) is 66.0 cm³/mol. The smallest absolute Gasteiger partial charge is 0.144 e. The second kappa shape index (κ2) is 5.26. The van der Waals surface area contributed by atoms with E-state index in [-0.39, 0.29) is 6.04 Å². The quantitative estimate of drug-likeness (QED) is 0.827. The monoisotopic (exact) mass is 230 g/mol. The van der Waals surface area contributed by atoms with Crippen molar-refractivity contribution in [2.24, 2.45) is 11.7 Å². The number of piperidine rings is 1. The molecule has 2 unspecified atom stereocenters. The number of rotatable bonds is 2. The van der Waals surface area contributed by atoms with Crippen LogP contribution < -0.4 is 5.73 Å². The minimum Gasteiger partial charge on any atom is -0.326 e. The Morgan fingerprint density at radius 1 is 1.65 bits per heavy atom. The van der Waals surface area contributed by atoms with Crippen molar-refractivity contribution in [2.45, 2.75) is 25.9 Å². The van der Waals surface area contributed by atoms with E-state index >= 15 is 0 Å². The third kappa shape index (κ3) is 2.82. The summed E-state index contributed by atoms with van der Waals surface area (Å²) in [5.74, 6) is 0.593. The van der Waals surface area contributed by atoms with Crippen LogP contribution in [0.15, 0.2) is 18.3 Å². The first kappa shape index (κ1) is 12.0. The number of nitrogens with two attached hydrogens (primary N) is 1. The molecule has 0 aromatic carbocycles. The minimum atomic E-state index is 0.242. The maximum Gasteiger partial charge on any atom is 0.144 e. The van der Waals surface area contributed by atoms with Crippen molar-refractivity contribution in [3.05, 3.63) is 29.6 Å². The molecule has 0 spiro atoms. The summed E-state index contributed by atoms with van der Waals surface area (Å²) in [6.45, 7) is 4.93. The highest BCUT2D eigenvalue weighted by Gasteiger charge is 2.23. The lowest BCUT2D eigenvalue weighted by atomic mass is 9.94. The normalized spacial score (nSPS) is 25.5. The summed E-state index contributed by atoms with van der Waals surface area (Å²) < 4.78 is 0. The summed E-state index contributed by atoms with van der Waals surface area (Å²) in [5, 5.41) is 8.99. The van der Waals surface area contributed by atoms with Crippen LogP contribution in [0.25, 0.3) is 0 Å². The van der Waals surface area contributed by atoms with Gasteiger partial charge in [-0.05, 0) is 24.9 Å². The van der Waals surface area contributed by atoms with E-state index in [1.807, 2.05) is 12.1 Å². The molecule has 1 aromatic rings. The first-order chi connectivity index (χ1) is 8.20. The maximum absolute atomic E-state index is 8.99. The Morgan fingerprint density at radius 2 is 2.47 bits per heavy atom. The Balaban J connectivity index is 2.04. The molecule has 0 aliphatic carbocycles. The van der Waals surface area contributed by atoms with Crippen molar-refractivity contribution in [1.82, 2.24) is 9.88 Å². The van der Waals surface area contributed by atoms with E-state index < -0.39 is 0 Å². The molecular formula is C13H18N4. The largest absolute Gasteiger partial charge is 0.326 e. The number of likely N-dealkylation sites (tertiary alicyclic amines) is 1. The van der Waals surface area contributed by atoms with E-state index in [9.17, 15) is 0 Å². The van der Waals surface area contributed by atoms with Crippen molar-refractivity contribution in [3.8, 4) is 6.07 Å². The van der Waals surface area contributed by atoms with Crippen LogP contribution in [0.4, 0.5) is 0 Å². The lowest BCUT2D eigenvalue weighted by molar-refractivity contribution is 0.162. The van der Waals surface area contributed by atoms with Gasteiger partial charge >= 0.3 is 0 Å². The average molecular weight is 230 g/mol. The van der Waals surface area contributed by atoms with Crippen LogP contribution in [0.5, 0.6) is 0 Å². The highest BCUT2D eigenvalue weighted by Crippen LogP contribution is 2.18. The number of pyridine rings is 1. The van der Waals surface area contributed by atoms with Crippen LogP contribution in [0.2, 0.25) is 0 Å². The number of hydrogen-bond acceptors (Lipinski definition) is 4. The zero-order chi connectivity index (χ0) is 12.3. The zero-order valence-corrected chi connectivity index (χ0v) is 10.1. The second-order valence-electron chi connectivity index (χ2n) is 4.79. The summed E-state index contributed by atoms with van der Waals surface area (Å²) in [5.41, 5.74) is 7.60. The van der Waals surface area contributed by atoms with Crippen LogP contribution in [-0.4, -0.2) is 29.0 Å². The Bertz CT molecular complexity index is 424. The van der Waals surface area contributed by atoms with Gasteiger partial charge in [0.05, 0.1) is 0 Å². The standard InChI is InChI=1S/C13H18N4/c1-10-4-6-17(9-12(10)15)8-11-3-2-5-16-13(11)7-14/h2-3,5,10,12H,4,6,8-9,15H2,1H3. The maximum atomic E-state index is 8.99. The van der Waals surface area contributed by atoms with Gasteiger partial charge in [0, 0.05) is 30.9 Å². The summed E-state index contributed by atoms with van der Waals surface area (Å²) in [7, 11) is 0. The predicted octanol–water partition coefficient (Wildman–Crippen LogP) is 1.12. The van der Waals surface area contributed by atoms with Gasteiger partial charge in [0.1, 0.15) is 11.8 Å². The highest BCUT2D eigenvalue weighted by molar-refractivity contribution is 5.30. The van der Waals surface area contributed by atoms with E-state index in [2.05, 4.69) is 22.9 Å². The van der Waals surface area contributed by atoms with Gasteiger partial charge in [-0.3, -0.25) is 4.90 Å². The van der Waals surface area contributed by atoms with E-state index in [1.54, 1.807) is 6.20 Å². The van der Waals surface area contributed by atoms with Crippen molar-refractivity contribution in [2.75, 3.05) is 13.1 Å². The molecule has 2 rings (SSSR count). The van der Waals surface area contributed by atoms with Crippen LogP contribution in [0.1, 0.15) is 24.6 Å². The molecule has 17 heavy (non-hydrogen) atoms. The molecule has 0 radical (unpaired) electrons. The third-order valence-corrected chi connectivity index (χ3v) is 3.49. The van der Waals surface area contributed by atoms with Gasteiger partial charge in [-0.1, -0.05) is 13.0 Å². The van der Waals surface area contributed by atoms with E-state index in [1.165, 1.54) is 0 Å². The molecule has 0 amide bonds. The van der Waals surface area contributed by atoms with Crippen LogP contribution in [0.3, 0.4) is 0 Å². The number of hydrogen-bond donors (Lipinski definition) is 1. The molecule has 2 N–H and O–H groups in total. The van der Waals surface area contributed by atoms with Gasteiger partial charge in [-0.2, -0.15) is 5.26 Å². The SMILES string of the molecule is CC1CCN(Cc2cccnc2C#N)CC1N. The van der Waals surface area contributed by atoms with Gasteiger partial charge in [-0.25, -0.2) is 4.98 Å². The molecular weight excluding hydrogens is 212 g/mol. The van der Waals surface area contributed by atoms with Crippen molar-refractivity contribution >= 4 is 0 Å². The molecule has 1 saturated heterocycles. The molecule has 4 heteroatoms. The summed E-state index contributed by atoms with van der Waals surface area (Å²) in [6.07, 6.45) is 2.79. The fraction of sp³-hybridized carbons (Fsp3) is 0.538. The van der Waals surface area contributed by atoms with Crippen LogP contribution in [-0.2, 0) is 6.54 Å². The number of nitriles is 1. The molecule has 0 saturated carbocycles. The van der Waals surface area contributed by atoms with Crippen molar-refractivity contribution in [3.63, 3.8) is 0 Å². The molecule has 2 heterocycles. The summed E-state index contributed by atoms with van der Waals surface area (Å²) in [6, 6.07) is 6.22. The molecule has 1 fully saturated rings. The lowest BCUT2D eigenvalue weighted by Crippen LogP contribution is -2.47. The zero-order valence-electron chi connectivity index (χ0n) is 10.1. The molecule has 2 atom stereocenters. The van der Waals surface area contributed by atoms with Crippen LogP contribution in [0, 0.1) is 17.2 Å². The Labute approximate surface area is 102 Å². The molecule has 1 aliphatic rings. The second-order valence-corrected chi connectivity index (χ2v) is 4.79. The average Bonchev–Trinajstić information content (AvgIpc) is 2.34. The summed E-state index contributed by atoms with van der Waals surface area (Å²) >= 11 is 0. The number of aromatic nitrogens is 1. The van der Waals surface area contributed by atoms with Crippen LogP contribution >= 0.6 is 0 Å².